The van der Waals surface area contributed by atoms with E-state index in [0.717, 1.165) is 12.5 Å². The van der Waals surface area contributed by atoms with Gasteiger partial charge in [-0.05, 0) is 39.8 Å². The Balaban J connectivity index is 2.23. The van der Waals surface area contributed by atoms with E-state index in [1.165, 1.54) is 45.1 Å². The fraction of sp³-hybridized carbons (Fsp3) is 1.00. The second-order valence-electron chi connectivity index (χ2n) is 4.89. The highest BCUT2D eigenvalue weighted by atomic mass is 15.1. The van der Waals surface area contributed by atoms with Gasteiger partial charge in [0, 0.05) is 12.1 Å². The molecule has 0 aromatic heterocycles. The molecule has 0 aliphatic heterocycles. The molecular weight excluding hydrogens is 172 g/mol. The molecule has 1 atom stereocenters. The van der Waals surface area contributed by atoms with E-state index in [2.05, 4.69) is 18.9 Å². The molecule has 0 amide bonds. The average molecular weight is 198 g/mol. The van der Waals surface area contributed by atoms with Gasteiger partial charge in [0.25, 0.3) is 0 Å². The van der Waals surface area contributed by atoms with Crippen molar-refractivity contribution in [3.8, 4) is 0 Å². The summed E-state index contributed by atoms with van der Waals surface area (Å²) in [6, 6.07) is 1.18. The van der Waals surface area contributed by atoms with Crippen molar-refractivity contribution in [2.24, 2.45) is 5.73 Å². The minimum atomic E-state index is 0.350. The zero-order valence-electron chi connectivity index (χ0n) is 9.84. The van der Waals surface area contributed by atoms with Crippen LogP contribution in [0.5, 0.6) is 0 Å². The summed E-state index contributed by atoms with van der Waals surface area (Å²) in [7, 11) is 2.26. The normalized spacial score (nSPS) is 22.3. The molecule has 0 aromatic carbocycles. The van der Waals surface area contributed by atoms with Crippen LogP contribution in [0.1, 0.15) is 51.9 Å². The van der Waals surface area contributed by atoms with E-state index >= 15 is 0 Å². The van der Waals surface area contributed by atoms with Crippen LogP contribution in [0, 0.1) is 0 Å². The van der Waals surface area contributed by atoms with Crippen molar-refractivity contribution in [1.82, 2.24) is 4.90 Å². The van der Waals surface area contributed by atoms with Gasteiger partial charge in [0.05, 0.1) is 0 Å². The third-order valence-electron chi connectivity index (χ3n) is 3.39. The smallest absolute Gasteiger partial charge is 0.00922 e. The van der Waals surface area contributed by atoms with Crippen molar-refractivity contribution in [2.45, 2.75) is 64.0 Å². The van der Waals surface area contributed by atoms with Crippen LogP contribution in [0.4, 0.5) is 0 Å². The Morgan fingerprint density at radius 2 is 1.79 bits per heavy atom. The molecule has 2 heteroatoms. The van der Waals surface area contributed by atoms with Gasteiger partial charge in [-0.15, -0.1) is 0 Å². The predicted molar refractivity (Wildman–Crippen MR) is 62.4 cm³/mol. The van der Waals surface area contributed by atoms with E-state index in [-0.39, 0.29) is 0 Å². The van der Waals surface area contributed by atoms with E-state index in [4.69, 9.17) is 5.73 Å². The summed E-state index contributed by atoms with van der Waals surface area (Å²) in [5, 5.41) is 0. The Bertz CT molecular complexity index is 137. The lowest BCUT2D eigenvalue weighted by atomic mass is 10.1. The molecule has 0 spiro atoms. The summed E-state index contributed by atoms with van der Waals surface area (Å²) in [6.07, 6.45) is 9.66. The molecule has 14 heavy (non-hydrogen) atoms. The van der Waals surface area contributed by atoms with Gasteiger partial charge in [0.2, 0.25) is 0 Å². The molecule has 0 radical (unpaired) electrons. The molecule has 1 saturated carbocycles. The van der Waals surface area contributed by atoms with Crippen LogP contribution >= 0.6 is 0 Å². The fourth-order valence-electron chi connectivity index (χ4n) is 2.29. The van der Waals surface area contributed by atoms with Crippen LogP contribution in [0.3, 0.4) is 0 Å². The molecule has 0 aromatic rings. The summed E-state index contributed by atoms with van der Waals surface area (Å²) in [4.78, 5) is 2.52. The average Bonchev–Trinajstić information content (AvgIpc) is 2.42. The van der Waals surface area contributed by atoms with Crippen LogP contribution in [0.2, 0.25) is 0 Å². The summed E-state index contributed by atoms with van der Waals surface area (Å²) >= 11 is 0. The minimum Gasteiger partial charge on any atom is -0.328 e. The zero-order valence-corrected chi connectivity index (χ0v) is 9.84. The molecule has 84 valence electrons. The van der Waals surface area contributed by atoms with Gasteiger partial charge in [0.15, 0.2) is 0 Å². The number of hydrogen-bond donors (Lipinski definition) is 1. The summed E-state index contributed by atoms with van der Waals surface area (Å²) in [6.45, 7) is 3.27. The van der Waals surface area contributed by atoms with Crippen molar-refractivity contribution < 1.29 is 0 Å². The number of hydrogen-bond acceptors (Lipinski definition) is 2. The van der Waals surface area contributed by atoms with Crippen molar-refractivity contribution in [3.05, 3.63) is 0 Å². The maximum Gasteiger partial charge on any atom is 0.00922 e. The van der Waals surface area contributed by atoms with E-state index in [1.54, 1.807) is 0 Å². The molecule has 0 heterocycles. The second-order valence-corrected chi connectivity index (χ2v) is 4.89. The van der Waals surface area contributed by atoms with Crippen molar-refractivity contribution in [2.75, 3.05) is 13.6 Å². The van der Waals surface area contributed by atoms with E-state index < -0.39 is 0 Å². The lowest BCUT2D eigenvalue weighted by molar-refractivity contribution is 0.215. The van der Waals surface area contributed by atoms with E-state index in [9.17, 15) is 0 Å². The lowest BCUT2D eigenvalue weighted by Gasteiger charge is -2.27. The second kappa shape index (κ2) is 6.41. The molecule has 1 unspecified atom stereocenters. The quantitative estimate of drug-likeness (QED) is 0.703. The largest absolute Gasteiger partial charge is 0.328 e. The number of nitrogens with zero attached hydrogens (tertiary/aromatic N) is 1. The fourth-order valence-corrected chi connectivity index (χ4v) is 2.29. The molecule has 0 bridgehead atoms. The predicted octanol–water partition coefficient (Wildman–Crippen LogP) is 2.38. The van der Waals surface area contributed by atoms with Gasteiger partial charge in [-0.3, -0.25) is 0 Å². The number of nitrogens with two attached hydrogens (primary N) is 1. The third-order valence-corrected chi connectivity index (χ3v) is 3.39. The first kappa shape index (κ1) is 12.0. The summed E-state index contributed by atoms with van der Waals surface area (Å²) < 4.78 is 0. The van der Waals surface area contributed by atoms with Gasteiger partial charge in [0.1, 0.15) is 0 Å². The Morgan fingerprint density at radius 1 is 1.21 bits per heavy atom. The van der Waals surface area contributed by atoms with Gasteiger partial charge in [-0.25, -0.2) is 0 Å². The highest BCUT2D eigenvalue weighted by Gasteiger charge is 2.16. The Morgan fingerprint density at radius 3 is 2.29 bits per heavy atom. The first-order valence-corrected chi connectivity index (χ1v) is 6.16. The molecule has 1 aliphatic rings. The van der Waals surface area contributed by atoms with Crippen LogP contribution in [-0.4, -0.2) is 30.6 Å². The molecule has 1 rings (SSSR count). The summed E-state index contributed by atoms with van der Waals surface area (Å²) in [5.74, 6) is 0. The van der Waals surface area contributed by atoms with Crippen LogP contribution in [-0.2, 0) is 0 Å². The van der Waals surface area contributed by atoms with Gasteiger partial charge in [-0.1, -0.05) is 25.7 Å². The molecule has 1 fully saturated rings. The number of rotatable bonds is 4. The van der Waals surface area contributed by atoms with Crippen LogP contribution in [0.25, 0.3) is 0 Å². The molecule has 2 nitrogen and oxygen atoms in total. The highest BCUT2D eigenvalue weighted by molar-refractivity contribution is 4.73. The first-order chi connectivity index (χ1) is 6.70. The maximum absolute atomic E-state index is 5.77. The van der Waals surface area contributed by atoms with Gasteiger partial charge >= 0.3 is 0 Å². The first-order valence-electron chi connectivity index (χ1n) is 6.16. The Kier molecular flexibility index (Phi) is 5.49. The Labute approximate surface area is 88.8 Å². The van der Waals surface area contributed by atoms with E-state index in [1.807, 2.05) is 0 Å². The highest BCUT2D eigenvalue weighted by Crippen LogP contribution is 2.21. The maximum atomic E-state index is 5.77. The topological polar surface area (TPSA) is 29.3 Å². The Hall–Kier alpha value is -0.0800. The monoisotopic (exact) mass is 198 g/mol. The van der Waals surface area contributed by atoms with E-state index in [0.29, 0.717) is 6.04 Å². The van der Waals surface area contributed by atoms with Crippen molar-refractivity contribution >= 4 is 0 Å². The van der Waals surface area contributed by atoms with Crippen LogP contribution in [0.15, 0.2) is 0 Å². The summed E-state index contributed by atoms with van der Waals surface area (Å²) in [5.41, 5.74) is 5.77. The standard InChI is InChI=1S/C12H26N2/c1-11(13)9-10-14(2)12-7-5-3-4-6-8-12/h11-12H,3-10,13H2,1-2H3. The lowest BCUT2D eigenvalue weighted by Crippen LogP contribution is -2.34. The van der Waals surface area contributed by atoms with Crippen molar-refractivity contribution in [3.63, 3.8) is 0 Å². The molecular formula is C12H26N2. The van der Waals surface area contributed by atoms with Crippen molar-refractivity contribution in [1.29, 1.82) is 0 Å². The van der Waals surface area contributed by atoms with Gasteiger partial charge < -0.3 is 10.6 Å². The SMILES string of the molecule is CC(N)CCN(C)C1CCCCCC1. The minimum absolute atomic E-state index is 0.350. The molecule has 2 N–H and O–H groups in total. The molecule has 1 aliphatic carbocycles. The third kappa shape index (κ3) is 4.43. The molecule has 0 saturated heterocycles. The van der Waals surface area contributed by atoms with Crippen LogP contribution < -0.4 is 5.73 Å². The van der Waals surface area contributed by atoms with Gasteiger partial charge in [-0.2, -0.15) is 0 Å². The zero-order chi connectivity index (χ0) is 10.4.